The third-order valence-corrected chi connectivity index (χ3v) is 5.82. The Morgan fingerprint density at radius 2 is 2.35 bits per heavy atom. The zero-order chi connectivity index (χ0) is 13.9. The molecule has 0 aliphatic carbocycles. The van der Waals surface area contributed by atoms with E-state index < -0.39 is 0 Å². The summed E-state index contributed by atoms with van der Waals surface area (Å²) in [4.78, 5) is 5.42. The van der Waals surface area contributed by atoms with Gasteiger partial charge in [-0.3, -0.25) is 16.2 Å². The molecular formula is C15H25N3OS. The van der Waals surface area contributed by atoms with Crippen LogP contribution in [0.3, 0.4) is 0 Å². The molecule has 4 nitrogen and oxygen atoms in total. The van der Waals surface area contributed by atoms with Crippen LogP contribution in [0, 0.1) is 0 Å². The predicted molar refractivity (Wildman–Crippen MR) is 82.8 cm³/mol. The molecule has 3 rings (SSSR count). The average molecular weight is 295 g/mol. The van der Waals surface area contributed by atoms with Crippen molar-refractivity contribution in [1.29, 1.82) is 0 Å². The molecule has 0 aromatic carbocycles. The molecule has 20 heavy (non-hydrogen) atoms. The molecule has 1 aromatic rings. The SMILES string of the molecule is CCc1ccc(CC(NN)C2CN3CCCC3CO2)s1. The zero-order valence-electron chi connectivity index (χ0n) is 12.2. The molecule has 112 valence electrons. The second-order valence-corrected chi connectivity index (χ2v) is 7.11. The van der Waals surface area contributed by atoms with Crippen molar-refractivity contribution in [3.05, 3.63) is 21.9 Å². The third-order valence-electron chi connectivity index (χ3n) is 4.57. The van der Waals surface area contributed by atoms with Crippen LogP contribution in [0.25, 0.3) is 0 Å². The van der Waals surface area contributed by atoms with E-state index in [1.807, 2.05) is 11.3 Å². The molecule has 3 unspecified atom stereocenters. The number of rotatable bonds is 5. The highest BCUT2D eigenvalue weighted by molar-refractivity contribution is 7.11. The van der Waals surface area contributed by atoms with E-state index in [-0.39, 0.29) is 12.1 Å². The minimum absolute atomic E-state index is 0.208. The van der Waals surface area contributed by atoms with E-state index >= 15 is 0 Å². The highest BCUT2D eigenvalue weighted by Gasteiger charge is 2.35. The summed E-state index contributed by atoms with van der Waals surface area (Å²) < 4.78 is 6.07. The standard InChI is InChI=1S/C15H25N3OS/c1-2-12-5-6-13(20-12)8-14(17-16)15-9-18-7-3-4-11(18)10-19-15/h5-6,11,14-15,17H,2-4,7-10,16H2,1H3. The monoisotopic (exact) mass is 295 g/mol. The van der Waals surface area contributed by atoms with E-state index in [0.29, 0.717) is 6.04 Å². The third kappa shape index (κ3) is 3.07. The van der Waals surface area contributed by atoms with E-state index in [0.717, 1.165) is 26.0 Å². The second-order valence-electron chi connectivity index (χ2n) is 5.86. The van der Waals surface area contributed by atoms with Gasteiger partial charge >= 0.3 is 0 Å². The van der Waals surface area contributed by atoms with Crippen LogP contribution in [0.15, 0.2) is 12.1 Å². The van der Waals surface area contributed by atoms with Crippen molar-refractivity contribution in [3.8, 4) is 0 Å². The summed E-state index contributed by atoms with van der Waals surface area (Å²) in [5.41, 5.74) is 2.98. The van der Waals surface area contributed by atoms with Crippen LogP contribution in [0.1, 0.15) is 29.5 Å². The molecule has 1 aromatic heterocycles. The molecule has 3 atom stereocenters. The van der Waals surface area contributed by atoms with Crippen molar-refractivity contribution in [2.24, 2.45) is 5.84 Å². The Kier molecular flexibility index (Phi) is 4.73. The molecule has 5 heteroatoms. The Morgan fingerprint density at radius 3 is 3.10 bits per heavy atom. The first kappa shape index (κ1) is 14.5. The molecule has 0 saturated carbocycles. The average Bonchev–Trinajstić information content (AvgIpc) is 3.12. The maximum absolute atomic E-state index is 6.07. The van der Waals surface area contributed by atoms with Gasteiger partial charge in [-0.25, -0.2) is 0 Å². The van der Waals surface area contributed by atoms with Crippen LogP contribution in [0.2, 0.25) is 0 Å². The van der Waals surface area contributed by atoms with E-state index in [1.165, 1.54) is 29.1 Å². The lowest BCUT2D eigenvalue weighted by atomic mass is 10.0. The van der Waals surface area contributed by atoms with E-state index in [1.54, 1.807) is 0 Å². The first-order chi connectivity index (χ1) is 9.80. The number of hydrogen-bond acceptors (Lipinski definition) is 5. The number of hydrazine groups is 1. The summed E-state index contributed by atoms with van der Waals surface area (Å²) in [6.07, 6.45) is 4.89. The summed E-state index contributed by atoms with van der Waals surface area (Å²) in [6.45, 7) is 5.31. The Hall–Kier alpha value is -0.460. The van der Waals surface area contributed by atoms with Gasteiger partial charge in [0.05, 0.1) is 18.8 Å². The van der Waals surface area contributed by atoms with Gasteiger partial charge in [-0.1, -0.05) is 6.92 Å². The predicted octanol–water partition coefficient (Wildman–Crippen LogP) is 1.55. The number of morpholine rings is 1. The van der Waals surface area contributed by atoms with Crippen molar-refractivity contribution in [2.45, 2.75) is 50.8 Å². The number of thiophene rings is 1. The van der Waals surface area contributed by atoms with Crippen LogP contribution in [0.4, 0.5) is 0 Å². The van der Waals surface area contributed by atoms with Crippen LogP contribution < -0.4 is 11.3 Å². The summed E-state index contributed by atoms with van der Waals surface area (Å²) in [5.74, 6) is 5.78. The summed E-state index contributed by atoms with van der Waals surface area (Å²) in [7, 11) is 0. The quantitative estimate of drug-likeness (QED) is 0.639. The van der Waals surface area contributed by atoms with Crippen LogP contribution in [0.5, 0.6) is 0 Å². The number of nitrogens with two attached hydrogens (primary N) is 1. The largest absolute Gasteiger partial charge is 0.374 e. The first-order valence-electron chi connectivity index (χ1n) is 7.69. The van der Waals surface area contributed by atoms with Gasteiger partial charge in [0, 0.05) is 28.8 Å². The highest BCUT2D eigenvalue weighted by Crippen LogP contribution is 2.25. The van der Waals surface area contributed by atoms with Gasteiger partial charge in [0.25, 0.3) is 0 Å². The lowest BCUT2D eigenvalue weighted by molar-refractivity contribution is -0.0643. The van der Waals surface area contributed by atoms with Gasteiger partial charge in [-0.2, -0.15) is 0 Å². The second kappa shape index (κ2) is 6.54. The minimum atomic E-state index is 0.208. The van der Waals surface area contributed by atoms with Crippen molar-refractivity contribution in [2.75, 3.05) is 19.7 Å². The molecular weight excluding hydrogens is 270 g/mol. The number of fused-ring (bicyclic) bond motifs is 1. The van der Waals surface area contributed by atoms with Crippen molar-refractivity contribution < 1.29 is 4.74 Å². The molecule has 3 heterocycles. The van der Waals surface area contributed by atoms with Crippen molar-refractivity contribution >= 4 is 11.3 Å². The minimum Gasteiger partial charge on any atom is -0.374 e. The molecule has 2 saturated heterocycles. The number of nitrogens with one attached hydrogen (secondary N) is 1. The molecule has 0 spiro atoms. The molecule has 0 amide bonds. The van der Waals surface area contributed by atoms with E-state index in [2.05, 4.69) is 29.4 Å². The Morgan fingerprint density at radius 1 is 1.50 bits per heavy atom. The van der Waals surface area contributed by atoms with E-state index in [4.69, 9.17) is 10.6 Å². The van der Waals surface area contributed by atoms with Gasteiger partial charge in [0.1, 0.15) is 0 Å². The van der Waals surface area contributed by atoms with Gasteiger partial charge in [-0.15, -0.1) is 11.3 Å². The maximum Gasteiger partial charge on any atom is 0.0872 e. The van der Waals surface area contributed by atoms with Crippen molar-refractivity contribution in [1.82, 2.24) is 10.3 Å². The lowest BCUT2D eigenvalue weighted by Crippen LogP contribution is -2.56. The Balaban J connectivity index is 1.61. The fraction of sp³-hybridized carbons (Fsp3) is 0.733. The number of aryl methyl sites for hydroxylation is 1. The highest BCUT2D eigenvalue weighted by atomic mass is 32.1. The smallest absolute Gasteiger partial charge is 0.0872 e. The number of hydrogen-bond donors (Lipinski definition) is 2. The number of nitrogens with zero attached hydrogens (tertiary/aromatic N) is 1. The van der Waals surface area contributed by atoms with Gasteiger partial charge in [0.2, 0.25) is 0 Å². The zero-order valence-corrected chi connectivity index (χ0v) is 13.0. The topological polar surface area (TPSA) is 50.5 Å². The van der Waals surface area contributed by atoms with Crippen LogP contribution in [-0.2, 0) is 17.6 Å². The van der Waals surface area contributed by atoms with Gasteiger partial charge in [0.15, 0.2) is 0 Å². The molecule has 0 bridgehead atoms. The summed E-state index contributed by atoms with van der Waals surface area (Å²) in [5, 5.41) is 0. The van der Waals surface area contributed by atoms with Gasteiger partial charge < -0.3 is 4.74 Å². The van der Waals surface area contributed by atoms with E-state index in [9.17, 15) is 0 Å². The normalized spacial score (nSPS) is 28.5. The molecule has 2 aliphatic heterocycles. The Labute approximate surface area is 125 Å². The lowest BCUT2D eigenvalue weighted by Gasteiger charge is -2.38. The van der Waals surface area contributed by atoms with Crippen LogP contribution >= 0.6 is 11.3 Å². The molecule has 2 aliphatic rings. The number of ether oxygens (including phenoxy) is 1. The molecule has 3 N–H and O–H groups in total. The fourth-order valence-electron chi connectivity index (χ4n) is 3.32. The van der Waals surface area contributed by atoms with Crippen molar-refractivity contribution in [3.63, 3.8) is 0 Å². The summed E-state index contributed by atoms with van der Waals surface area (Å²) >= 11 is 1.90. The Bertz CT molecular complexity index is 437. The molecule has 2 fully saturated rings. The van der Waals surface area contributed by atoms with Crippen LogP contribution in [-0.4, -0.2) is 42.8 Å². The first-order valence-corrected chi connectivity index (χ1v) is 8.51. The fourth-order valence-corrected chi connectivity index (χ4v) is 4.34. The van der Waals surface area contributed by atoms with Gasteiger partial charge in [-0.05, 0) is 37.9 Å². The molecule has 0 radical (unpaired) electrons. The summed E-state index contributed by atoms with van der Waals surface area (Å²) in [6, 6.07) is 5.32. The maximum atomic E-state index is 6.07.